The predicted octanol–water partition coefficient (Wildman–Crippen LogP) is 3.21. The number of carbonyl (C=O) groups is 3. The number of esters is 2. The van der Waals surface area contributed by atoms with Gasteiger partial charge >= 0.3 is 11.9 Å². The van der Waals surface area contributed by atoms with E-state index in [1.807, 2.05) is 13.0 Å². The van der Waals surface area contributed by atoms with Crippen LogP contribution in [-0.2, 0) is 19.1 Å². The molecule has 8 nitrogen and oxygen atoms in total. The van der Waals surface area contributed by atoms with Crippen molar-refractivity contribution in [2.24, 2.45) is 0 Å². The first-order valence-electron chi connectivity index (χ1n) is 9.60. The maximum atomic E-state index is 11.9. The van der Waals surface area contributed by atoms with Gasteiger partial charge in [0, 0.05) is 5.69 Å². The number of carbonyl (C=O) groups excluding carboxylic acids is 3. The van der Waals surface area contributed by atoms with E-state index in [0.29, 0.717) is 29.4 Å². The van der Waals surface area contributed by atoms with E-state index in [9.17, 15) is 14.4 Å². The third-order valence-corrected chi connectivity index (χ3v) is 3.76. The topological polar surface area (TPSA) is 100 Å². The smallest absolute Gasteiger partial charge is 0.338 e. The Morgan fingerprint density at radius 3 is 2.13 bits per heavy atom. The van der Waals surface area contributed by atoms with Crippen molar-refractivity contribution in [3.8, 4) is 11.5 Å². The minimum Gasteiger partial charge on any atom is -0.490 e. The number of para-hydroxylation sites is 2. The molecule has 0 aliphatic heterocycles. The van der Waals surface area contributed by atoms with Crippen LogP contribution >= 0.6 is 0 Å². The van der Waals surface area contributed by atoms with E-state index in [1.165, 1.54) is 12.1 Å². The second-order valence-corrected chi connectivity index (χ2v) is 5.98. The minimum absolute atomic E-state index is 0.0119. The van der Waals surface area contributed by atoms with Crippen LogP contribution in [0.5, 0.6) is 11.5 Å². The highest BCUT2D eigenvalue weighted by atomic mass is 16.5. The van der Waals surface area contributed by atoms with Crippen molar-refractivity contribution in [2.45, 2.75) is 20.3 Å². The average molecular weight is 415 g/mol. The zero-order valence-electron chi connectivity index (χ0n) is 17.0. The van der Waals surface area contributed by atoms with Crippen molar-refractivity contribution in [3.63, 3.8) is 0 Å². The summed E-state index contributed by atoms with van der Waals surface area (Å²) in [5, 5.41) is 2.58. The first-order valence-corrected chi connectivity index (χ1v) is 9.60. The van der Waals surface area contributed by atoms with Crippen LogP contribution in [0.4, 0.5) is 5.69 Å². The van der Waals surface area contributed by atoms with Gasteiger partial charge in [0.1, 0.15) is 0 Å². The lowest BCUT2D eigenvalue weighted by molar-refractivity contribution is -0.147. The fourth-order valence-corrected chi connectivity index (χ4v) is 2.41. The van der Waals surface area contributed by atoms with Gasteiger partial charge in [-0.05, 0) is 50.2 Å². The number of hydrogen-bond acceptors (Lipinski definition) is 7. The highest BCUT2D eigenvalue weighted by Gasteiger charge is 2.11. The lowest BCUT2D eigenvalue weighted by Crippen LogP contribution is -2.21. The van der Waals surface area contributed by atoms with E-state index < -0.39 is 24.5 Å². The molecule has 0 aliphatic rings. The normalized spacial score (nSPS) is 10.1. The second-order valence-electron chi connectivity index (χ2n) is 5.98. The summed E-state index contributed by atoms with van der Waals surface area (Å²) >= 11 is 0. The Hall–Kier alpha value is -3.55. The van der Waals surface area contributed by atoms with Crippen LogP contribution in [0, 0.1) is 0 Å². The van der Waals surface area contributed by atoms with Gasteiger partial charge in [0.2, 0.25) is 0 Å². The molecule has 2 rings (SSSR count). The quantitative estimate of drug-likeness (QED) is 0.563. The standard InChI is InChI=1S/C22H25NO7/c1-3-27-18-7-5-6-8-19(18)29-14-13-21(25)30-15-20(24)23-17-11-9-16(10-12-17)22(26)28-4-2/h5-12H,3-4,13-15H2,1-2H3,(H,23,24). The summed E-state index contributed by atoms with van der Waals surface area (Å²) in [7, 11) is 0. The summed E-state index contributed by atoms with van der Waals surface area (Å²) in [6.45, 7) is 4.05. The van der Waals surface area contributed by atoms with Gasteiger partial charge in [-0.3, -0.25) is 9.59 Å². The molecule has 1 amide bonds. The molecule has 0 spiro atoms. The summed E-state index contributed by atoms with van der Waals surface area (Å²) in [6, 6.07) is 13.4. The third-order valence-electron chi connectivity index (χ3n) is 3.76. The maximum Gasteiger partial charge on any atom is 0.338 e. The summed E-state index contributed by atoms with van der Waals surface area (Å²) in [6.07, 6.45) is -0.0119. The van der Waals surface area contributed by atoms with Crippen LogP contribution in [0.15, 0.2) is 48.5 Å². The molecule has 0 unspecified atom stereocenters. The Kier molecular flexibility index (Phi) is 9.18. The van der Waals surface area contributed by atoms with E-state index >= 15 is 0 Å². The Morgan fingerprint density at radius 1 is 0.833 bits per heavy atom. The zero-order chi connectivity index (χ0) is 21.8. The van der Waals surface area contributed by atoms with Crippen molar-refractivity contribution in [1.82, 2.24) is 0 Å². The molecule has 0 bridgehead atoms. The lowest BCUT2D eigenvalue weighted by atomic mass is 10.2. The SMILES string of the molecule is CCOC(=O)c1ccc(NC(=O)COC(=O)CCOc2ccccc2OCC)cc1. The van der Waals surface area contributed by atoms with Crippen LogP contribution in [0.3, 0.4) is 0 Å². The Bertz CT molecular complexity index is 849. The number of rotatable bonds is 11. The lowest BCUT2D eigenvalue weighted by Gasteiger charge is -2.11. The predicted molar refractivity (Wildman–Crippen MR) is 110 cm³/mol. The van der Waals surface area contributed by atoms with Crippen molar-refractivity contribution >= 4 is 23.5 Å². The van der Waals surface area contributed by atoms with Crippen LogP contribution in [0.25, 0.3) is 0 Å². The average Bonchev–Trinajstić information content (AvgIpc) is 2.74. The molecule has 0 heterocycles. The fraction of sp³-hybridized carbons (Fsp3) is 0.318. The second kappa shape index (κ2) is 12.1. The first kappa shape index (κ1) is 22.7. The van der Waals surface area contributed by atoms with Crippen LogP contribution < -0.4 is 14.8 Å². The molecule has 1 N–H and O–H groups in total. The van der Waals surface area contributed by atoms with Gasteiger partial charge in [0.15, 0.2) is 18.1 Å². The minimum atomic E-state index is -0.559. The zero-order valence-corrected chi connectivity index (χ0v) is 17.0. The molecule has 8 heteroatoms. The van der Waals surface area contributed by atoms with E-state index in [4.69, 9.17) is 18.9 Å². The van der Waals surface area contributed by atoms with Gasteiger partial charge in [0.05, 0.1) is 31.8 Å². The molecule has 0 aliphatic carbocycles. The first-order chi connectivity index (χ1) is 14.5. The molecule has 0 saturated carbocycles. The number of anilines is 1. The van der Waals surface area contributed by atoms with E-state index in [-0.39, 0.29) is 19.6 Å². The molecule has 160 valence electrons. The van der Waals surface area contributed by atoms with Gasteiger partial charge < -0.3 is 24.3 Å². The van der Waals surface area contributed by atoms with E-state index in [0.717, 1.165) is 0 Å². The third kappa shape index (κ3) is 7.46. The number of nitrogens with one attached hydrogen (secondary N) is 1. The van der Waals surface area contributed by atoms with Crippen molar-refractivity contribution < 1.29 is 33.3 Å². The summed E-state index contributed by atoms with van der Waals surface area (Å²) in [4.78, 5) is 35.3. The molecule has 0 fully saturated rings. The van der Waals surface area contributed by atoms with Gasteiger partial charge in [-0.25, -0.2) is 4.79 Å². The van der Waals surface area contributed by atoms with Crippen molar-refractivity contribution in [2.75, 3.05) is 31.7 Å². The number of benzene rings is 2. The summed E-state index contributed by atoms with van der Waals surface area (Å²) in [5.41, 5.74) is 0.854. The molecule has 2 aromatic rings. The molecular formula is C22H25NO7. The Balaban J connectivity index is 1.70. The van der Waals surface area contributed by atoms with Gasteiger partial charge in [-0.1, -0.05) is 12.1 Å². The monoisotopic (exact) mass is 415 g/mol. The summed E-state index contributed by atoms with van der Waals surface area (Å²) in [5.74, 6) is -0.347. The van der Waals surface area contributed by atoms with Crippen LogP contribution in [-0.4, -0.2) is 44.3 Å². The highest BCUT2D eigenvalue weighted by molar-refractivity contribution is 5.94. The Morgan fingerprint density at radius 2 is 1.50 bits per heavy atom. The van der Waals surface area contributed by atoms with E-state index in [2.05, 4.69) is 5.32 Å². The Labute approximate surface area is 175 Å². The number of amides is 1. The largest absolute Gasteiger partial charge is 0.490 e. The highest BCUT2D eigenvalue weighted by Crippen LogP contribution is 2.26. The molecule has 0 aromatic heterocycles. The van der Waals surface area contributed by atoms with E-state index in [1.54, 1.807) is 37.3 Å². The molecule has 0 radical (unpaired) electrons. The maximum absolute atomic E-state index is 11.9. The molecule has 0 atom stereocenters. The van der Waals surface area contributed by atoms with Gasteiger partial charge in [-0.15, -0.1) is 0 Å². The van der Waals surface area contributed by atoms with Crippen molar-refractivity contribution in [3.05, 3.63) is 54.1 Å². The molecule has 2 aromatic carbocycles. The van der Waals surface area contributed by atoms with Crippen LogP contribution in [0.1, 0.15) is 30.6 Å². The van der Waals surface area contributed by atoms with Gasteiger partial charge in [-0.2, -0.15) is 0 Å². The molecular weight excluding hydrogens is 390 g/mol. The molecule has 0 saturated heterocycles. The van der Waals surface area contributed by atoms with Crippen molar-refractivity contribution in [1.29, 1.82) is 0 Å². The van der Waals surface area contributed by atoms with Gasteiger partial charge in [0.25, 0.3) is 5.91 Å². The van der Waals surface area contributed by atoms with Crippen LogP contribution in [0.2, 0.25) is 0 Å². The number of hydrogen-bond donors (Lipinski definition) is 1. The fourth-order valence-electron chi connectivity index (χ4n) is 2.41. The number of ether oxygens (including phenoxy) is 4. The summed E-state index contributed by atoms with van der Waals surface area (Å²) < 4.78 is 20.8. The molecule has 30 heavy (non-hydrogen) atoms.